The van der Waals surface area contributed by atoms with Crippen molar-refractivity contribution in [3.8, 4) is 0 Å². The van der Waals surface area contributed by atoms with Gasteiger partial charge in [0, 0.05) is 5.92 Å². The number of ether oxygens (including phenoxy) is 2. The average molecular weight is 226 g/mol. The Balaban J connectivity index is 1.56. The Labute approximate surface area is 97.4 Å². The van der Waals surface area contributed by atoms with Gasteiger partial charge in [-0.2, -0.15) is 0 Å². The van der Waals surface area contributed by atoms with E-state index < -0.39 is 0 Å². The van der Waals surface area contributed by atoms with Crippen LogP contribution in [0.3, 0.4) is 0 Å². The van der Waals surface area contributed by atoms with Crippen molar-refractivity contribution in [1.82, 2.24) is 0 Å². The van der Waals surface area contributed by atoms with E-state index in [2.05, 4.69) is 19.1 Å². The summed E-state index contributed by atoms with van der Waals surface area (Å²) in [6.07, 6.45) is 8.69. The molecule has 92 valence electrons. The summed E-state index contributed by atoms with van der Waals surface area (Å²) in [6.45, 7) is 3.32. The second kappa shape index (κ2) is 5.80. The van der Waals surface area contributed by atoms with Gasteiger partial charge in [-0.15, -0.1) is 0 Å². The third kappa shape index (κ3) is 3.06. The normalized spacial score (nSPS) is 33.5. The maximum absolute atomic E-state index is 9.62. The van der Waals surface area contributed by atoms with E-state index >= 15 is 0 Å². The summed E-state index contributed by atoms with van der Waals surface area (Å²) in [7, 11) is 0. The van der Waals surface area contributed by atoms with Crippen molar-refractivity contribution < 1.29 is 14.6 Å². The summed E-state index contributed by atoms with van der Waals surface area (Å²) < 4.78 is 11.2. The maximum Gasteiger partial charge on any atom is 0.0816 e. The second-order valence-corrected chi connectivity index (χ2v) is 4.85. The highest BCUT2D eigenvalue weighted by molar-refractivity contribution is 5.10. The lowest BCUT2D eigenvalue weighted by atomic mass is 9.95. The van der Waals surface area contributed by atoms with Crippen LogP contribution in [0.15, 0.2) is 12.2 Å². The van der Waals surface area contributed by atoms with Crippen LogP contribution >= 0.6 is 0 Å². The maximum atomic E-state index is 9.62. The molecule has 4 atom stereocenters. The molecule has 2 aliphatic rings. The lowest BCUT2D eigenvalue weighted by Gasteiger charge is -2.17. The molecule has 3 nitrogen and oxygen atoms in total. The third-order valence-corrected chi connectivity index (χ3v) is 3.38. The van der Waals surface area contributed by atoms with Crippen LogP contribution in [0.25, 0.3) is 0 Å². The van der Waals surface area contributed by atoms with Crippen LogP contribution in [-0.4, -0.2) is 36.6 Å². The van der Waals surface area contributed by atoms with Crippen molar-refractivity contribution in [1.29, 1.82) is 0 Å². The van der Waals surface area contributed by atoms with Gasteiger partial charge in [-0.25, -0.2) is 0 Å². The number of aliphatic hydroxyl groups excluding tert-OH is 1. The smallest absolute Gasteiger partial charge is 0.0816 e. The van der Waals surface area contributed by atoms with E-state index in [0.29, 0.717) is 25.2 Å². The number of aliphatic hydroxyl groups is 1. The highest BCUT2D eigenvalue weighted by Crippen LogP contribution is 2.33. The first-order valence-corrected chi connectivity index (χ1v) is 6.39. The minimum absolute atomic E-state index is 0.262. The Morgan fingerprint density at radius 1 is 1.50 bits per heavy atom. The molecule has 0 saturated carbocycles. The Bertz CT molecular complexity index is 239. The minimum Gasteiger partial charge on any atom is -0.391 e. The fourth-order valence-corrected chi connectivity index (χ4v) is 2.40. The molecular weight excluding hydrogens is 204 g/mol. The fraction of sp³-hybridized carbons (Fsp3) is 0.846. The summed E-state index contributed by atoms with van der Waals surface area (Å²) in [5.41, 5.74) is 0. The molecule has 0 amide bonds. The van der Waals surface area contributed by atoms with Gasteiger partial charge >= 0.3 is 0 Å². The van der Waals surface area contributed by atoms with Gasteiger partial charge < -0.3 is 14.6 Å². The Morgan fingerprint density at radius 2 is 2.38 bits per heavy atom. The van der Waals surface area contributed by atoms with Crippen LogP contribution < -0.4 is 0 Å². The number of hydrogen-bond acceptors (Lipinski definition) is 3. The molecule has 2 bridgehead atoms. The molecule has 0 spiro atoms. The molecule has 2 heterocycles. The van der Waals surface area contributed by atoms with Crippen LogP contribution in [0.2, 0.25) is 0 Å². The van der Waals surface area contributed by atoms with Gasteiger partial charge in [-0.05, 0) is 12.8 Å². The van der Waals surface area contributed by atoms with Gasteiger partial charge in [0.15, 0.2) is 0 Å². The topological polar surface area (TPSA) is 38.7 Å². The zero-order valence-corrected chi connectivity index (χ0v) is 9.97. The first-order valence-electron chi connectivity index (χ1n) is 6.39. The zero-order chi connectivity index (χ0) is 11.4. The van der Waals surface area contributed by atoms with E-state index in [0.717, 1.165) is 25.7 Å². The molecule has 0 aliphatic carbocycles. The van der Waals surface area contributed by atoms with Gasteiger partial charge in [0.2, 0.25) is 0 Å². The highest BCUT2D eigenvalue weighted by atomic mass is 16.5. The van der Waals surface area contributed by atoms with Gasteiger partial charge in [-0.3, -0.25) is 0 Å². The van der Waals surface area contributed by atoms with E-state index in [-0.39, 0.29) is 12.2 Å². The third-order valence-electron chi connectivity index (χ3n) is 3.38. The lowest BCUT2D eigenvalue weighted by molar-refractivity contribution is 0.00778. The van der Waals surface area contributed by atoms with Crippen molar-refractivity contribution >= 4 is 0 Å². The largest absolute Gasteiger partial charge is 0.391 e. The van der Waals surface area contributed by atoms with Gasteiger partial charge in [0.05, 0.1) is 31.5 Å². The average Bonchev–Trinajstić information content (AvgIpc) is 2.88. The van der Waals surface area contributed by atoms with E-state index in [9.17, 15) is 5.11 Å². The zero-order valence-electron chi connectivity index (χ0n) is 9.97. The molecular formula is C13H22O3. The van der Waals surface area contributed by atoms with E-state index in [1.165, 1.54) is 0 Å². The summed E-state index contributed by atoms with van der Waals surface area (Å²) in [5, 5.41) is 9.62. The number of fused-ring (bicyclic) bond motifs is 2. The molecule has 3 heteroatoms. The molecule has 16 heavy (non-hydrogen) atoms. The molecule has 1 N–H and O–H groups in total. The van der Waals surface area contributed by atoms with Crippen molar-refractivity contribution in [2.45, 2.75) is 50.9 Å². The first-order chi connectivity index (χ1) is 7.79. The predicted molar refractivity (Wildman–Crippen MR) is 62.3 cm³/mol. The van der Waals surface area contributed by atoms with Crippen molar-refractivity contribution in [2.75, 3.05) is 13.2 Å². The molecule has 4 unspecified atom stereocenters. The van der Waals surface area contributed by atoms with E-state index in [1.54, 1.807) is 0 Å². The van der Waals surface area contributed by atoms with Crippen molar-refractivity contribution in [2.24, 2.45) is 5.92 Å². The molecule has 2 aliphatic heterocycles. The summed E-state index contributed by atoms with van der Waals surface area (Å²) >= 11 is 0. The van der Waals surface area contributed by atoms with E-state index in [4.69, 9.17) is 9.47 Å². The highest BCUT2D eigenvalue weighted by Gasteiger charge is 2.36. The second-order valence-electron chi connectivity index (χ2n) is 4.85. The molecule has 0 aromatic heterocycles. The van der Waals surface area contributed by atoms with Gasteiger partial charge in [-0.1, -0.05) is 31.9 Å². The van der Waals surface area contributed by atoms with Crippen LogP contribution in [0.4, 0.5) is 0 Å². The summed E-state index contributed by atoms with van der Waals surface area (Å²) in [5.74, 6) is 0.494. The lowest BCUT2D eigenvalue weighted by Crippen LogP contribution is -2.23. The van der Waals surface area contributed by atoms with Crippen LogP contribution in [0, 0.1) is 5.92 Å². The molecule has 1 saturated heterocycles. The Kier molecular flexibility index (Phi) is 4.38. The van der Waals surface area contributed by atoms with Crippen molar-refractivity contribution in [3.05, 3.63) is 12.2 Å². The van der Waals surface area contributed by atoms with Crippen LogP contribution in [0.1, 0.15) is 32.6 Å². The predicted octanol–water partition coefficient (Wildman–Crippen LogP) is 1.90. The van der Waals surface area contributed by atoms with Crippen LogP contribution in [-0.2, 0) is 9.47 Å². The van der Waals surface area contributed by atoms with Crippen LogP contribution in [0.5, 0.6) is 0 Å². The molecule has 0 radical (unpaired) electrons. The SMILES string of the molecule is CCCCC(O)COCC1CC2C=CC1O2. The minimum atomic E-state index is -0.296. The standard InChI is InChI=1S/C13H22O3/c1-2-3-4-11(14)9-15-8-10-7-12-5-6-13(10)16-12/h5-6,10-14H,2-4,7-9H2,1H3. The molecule has 2 rings (SSSR count). The number of hydrogen-bond donors (Lipinski definition) is 1. The quantitative estimate of drug-likeness (QED) is 0.674. The summed E-state index contributed by atoms with van der Waals surface area (Å²) in [4.78, 5) is 0. The molecule has 0 aromatic rings. The number of rotatable bonds is 7. The van der Waals surface area contributed by atoms with E-state index in [1.807, 2.05) is 0 Å². The Morgan fingerprint density at radius 3 is 3.00 bits per heavy atom. The van der Waals surface area contributed by atoms with Gasteiger partial charge in [0.25, 0.3) is 0 Å². The van der Waals surface area contributed by atoms with Crippen molar-refractivity contribution in [3.63, 3.8) is 0 Å². The first kappa shape index (κ1) is 12.1. The van der Waals surface area contributed by atoms with Gasteiger partial charge in [0.1, 0.15) is 0 Å². The fourth-order valence-electron chi connectivity index (χ4n) is 2.40. The molecule has 0 aromatic carbocycles. The Hall–Kier alpha value is -0.380. The monoisotopic (exact) mass is 226 g/mol. The molecule has 1 fully saturated rings. The number of unbranched alkanes of at least 4 members (excludes halogenated alkanes) is 1. The summed E-state index contributed by atoms with van der Waals surface area (Å²) in [6, 6.07) is 0.